The Bertz CT molecular complexity index is 1210. The SMILES string of the molecule is CCOC(=O)/C=C/[C@]12C[C@H]1[C@@](CF)(c1cc(NC(=O)Nc3ccc(Cl)cn3)ccc1F)N=C(N)S2. The van der Waals surface area contributed by atoms with E-state index in [4.69, 9.17) is 22.1 Å². The van der Waals surface area contributed by atoms with Gasteiger partial charge in [0.15, 0.2) is 5.17 Å². The molecule has 0 saturated heterocycles. The second-order valence-corrected chi connectivity index (χ2v) is 9.86. The lowest BCUT2D eigenvalue weighted by atomic mass is 9.84. The molecule has 184 valence electrons. The van der Waals surface area contributed by atoms with Gasteiger partial charge in [0.2, 0.25) is 0 Å². The van der Waals surface area contributed by atoms with Crippen LogP contribution in [0, 0.1) is 11.7 Å². The zero-order valence-electron chi connectivity index (χ0n) is 18.6. The third kappa shape index (κ3) is 5.10. The number of alkyl halides is 1. The molecule has 1 aliphatic heterocycles. The largest absolute Gasteiger partial charge is 0.463 e. The zero-order chi connectivity index (χ0) is 25.2. The first-order valence-corrected chi connectivity index (χ1v) is 11.9. The summed E-state index contributed by atoms with van der Waals surface area (Å²) in [4.78, 5) is 32.5. The van der Waals surface area contributed by atoms with Crippen LogP contribution in [-0.2, 0) is 15.1 Å². The van der Waals surface area contributed by atoms with Gasteiger partial charge in [0.25, 0.3) is 0 Å². The van der Waals surface area contributed by atoms with Gasteiger partial charge in [-0.05, 0) is 43.7 Å². The molecule has 1 aliphatic carbocycles. The van der Waals surface area contributed by atoms with Gasteiger partial charge in [-0.15, -0.1) is 0 Å². The number of hydrogen-bond acceptors (Lipinski definition) is 7. The Morgan fingerprint density at radius 3 is 2.83 bits per heavy atom. The highest BCUT2D eigenvalue weighted by Crippen LogP contribution is 2.67. The number of anilines is 2. The Morgan fingerprint density at radius 2 is 2.14 bits per heavy atom. The van der Waals surface area contributed by atoms with Crippen molar-refractivity contribution in [3.8, 4) is 0 Å². The minimum absolute atomic E-state index is 0.0397. The molecule has 2 aromatic rings. The van der Waals surface area contributed by atoms with Crippen LogP contribution in [0.2, 0.25) is 5.02 Å². The molecule has 0 spiro atoms. The van der Waals surface area contributed by atoms with Gasteiger partial charge in [0, 0.05) is 34.2 Å². The molecule has 8 nitrogen and oxygen atoms in total. The highest BCUT2D eigenvalue weighted by Gasteiger charge is 2.67. The van der Waals surface area contributed by atoms with Crippen molar-refractivity contribution in [2.24, 2.45) is 16.6 Å². The minimum atomic E-state index is -1.61. The number of nitrogens with zero attached hydrogens (tertiary/aromatic N) is 2. The Kier molecular flexibility index (Phi) is 7.00. The van der Waals surface area contributed by atoms with Crippen molar-refractivity contribution in [3.05, 3.63) is 65.1 Å². The number of nitrogens with two attached hydrogens (primary N) is 1. The van der Waals surface area contributed by atoms with Crippen LogP contribution < -0.4 is 16.4 Å². The Hall–Kier alpha value is -3.18. The molecule has 3 atom stereocenters. The number of benzene rings is 1. The lowest BCUT2D eigenvalue weighted by molar-refractivity contribution is -0.137. The summed E-state index contributed by atoms with van der Waals surface area (Å²) in [6.07, 6.45) is 4.71. The molecule has 4 rings (SSSR count). The molecule has 0 bridgehead atoms. The molecule has 1 aromatic heterocycles. The van der Waals surface area contributed by atoms with Gasteiger partial charge < -0.3 is 15.8 Å². The number of rotatable bonds is 7. The Balaban J connectivity index is 1.60. The molecule has 12 heteroatoms. The van der Waals surface area contributed by atoms with Crippen molar-refractivity contribution in [3.63, 3.8) is 0 Å². The topological polar surface area (TPSA) is 119 Å². The molecule has 1 fully saturated rings. The van der Waals surface area contributed by atoms with E-state index >= 15 is 4.39 Å². The number of hydrogen-bond donors (Lipinski definition) is 3. The van der Waals surface area contributed by atoms with Crippen LogP contribution in [0.1, 0.15) is 18.9 Å². The number of carbonyl (C=O) groups excluding carboxylic acids is 2. The average molecular weight is 522 g/mol. The van der Waals surface area contributed by atoms with Gasteiger partial charge in [-0.1, -0.05) is 29.4 Å². The van der Waals surface area contributed by atoms with E-state index in [2.05, 4.69) is 20.6 Å². The maximum atomic E-state index is 15.0. The van der Waals surface area contributed by atoms with Gasteiger partial charge >= 0.3 is 12.0 Å². The molecule has 35 heavy (non-hydrogen) atoms. The lowest BCUT2D eigenvalue weighted by Crippen LogP contribution is -2.39. The minimum Gasteiger partial charge on any atom is -0.463 e. The van der Waals surface area contributed by atoms with Crippen LogP contribution in [0.25, 0.3) is 0 Å². The normalized spacial score (nSPS) is 24.9. The summed E-state index contributed by atoms with van der Waals surface area (Å²) in [6, 6.07) is 6.28. The van der Waals surface area contributed by atoms with Crippen molar-refractivity contribution >= 4 is 52.0 Å². The standard InChI is InChI=1S/C23H22ClF2N5O3S/c1-2-34-19(32)7-8-22-10-17(22)23(12-25,31-20(27)35-22)15-9-14(4-5-16(15)26)29-21(33)30-18-6-3-13(24)11-28-18/h3-9,11,17H,2,10,12H2,1H3,(H2,27,31)(H2,28,29,30,33)/b8-7+/t17-,22+,23-/m1/s1. The fraction of sp³-hybridized carbons (Fsp3) is 0.304. The van der Waals surface area contributed by atoms with E-state index in [-0.39, 0.29) is 28.8 Å². The number of halogens is 3. The molecule has 1 aromatic carbocycles. The summed E-state index contributed by atoms with van der Waals surface area (Å²) in [5, 5.41) is 5.60. The quantitative estimate of drug-likeness (QED) is 0.361. The van der Waals surface area contributed by atoms with Crippen molar-refractivity contribution in [2.45, 2.75) is 23.6 Å². The summed E-state index contributed by atoms with van der Waals surface area (Å²) >= 11 is 7.00. The molecule has 2 heterocycles. The summed E-state index contributed by atoms with van der Waals surface area (Å²) in [5.41, 5.74) is 4.61. The average Bonchev–Trinajstić information content (AvgIpc) is 3.55. The second-order valence-electron chi connectivity index (χ2n) is 8.04. The van der Waals surface area contributed by atoms with Gasteiger partial charge in [-0.25, -0.2) is 28.3 Å². The van der Waals surface area contributed by atoms with Crippen LogP contribution in [0.4, 0.5) is 25.1 Å². The molecular weight excluding hydrogens is 500 g/mol. The number of thioether (sulfide) groups is 1. The highest BCUT2D eigenvalue weighted by molar-refractivity contribution is 8.15. The third-order valence-corrected chi connectivity index (χ3v) is 7.28. The van der Waals surface area contributed by atoms with E-state index in [9.17, 15) is 14.0 Å². The predicted octanol–water partition coefficient (Wildman–Crippen LogP) is 4.62. The smallest absolute Gasteiger partial charge is 0.330 e. The molecule has 1 saturated carbocycles. The summed E-state index contributed by atoms with van der Waals surface area (Å²) in [7, 11) is 0. The highest BCUT2D eigenvalue weighted by atomic mass is 35.5. The van der Waals surface area contributed by atoms with E-state index in [1.807, 2.05) is 0 Å². The molecular formula is C23H22ClF2N5O3S. The number of ether oxygens (including phenoxy) is 1. The maximum absolute atomic E-state index is 15.0. The van der Waals surface area contributed by atoms with Crippen LogP contribution in [0.5, 0.6) is 0 Å². The van der Waals surface area contributed by atoms with Crippen LogP contribution in [0.15, 0.2) is 53.7 Å². The van der Waals surface area contributed by atoms with Crippen molar-refractivity contribution in [1.82, 2.24) is 4.98 Å². The number of aliphatic imine (C=N–C) groups is 1. The number of urea groups is 1. The number of pyridine rings is 1. The number of nitrogens with one attached hydrogen (secondary N) is 2. The summed E-state index contributed by atoms with van der Waals surface area (Å²) in [6.45, 7) is 0.890. The first kappa shape index (κ1) is 24.9. The lowest BCUT2D eigenvalue weighted by Gasteiger charge is -2.34. The molecule has 0 radical (unpaired) electrons. The van der Waals surface area contributed by atoms with Crippen LogP contribution >= 0.6 is 23.4 Å². The summed E-state index contributed by atoms with van der Waals surface area (Å²) in [5.74, 6) is -1.42. The molecule has 4 N–H and O–H groups in total. The van der Waals surface area contributed by atoms with Crippen LogP contribution in [-0.4, -0.2) is 40.2 Å². The number of fused-ring (bicyclic) bond motifs is 1. The van der Waals surface area contributed by atoms with E-state index < -0.39 is 40.7 Å². The van der Waals surface area contributed by atoms with E-state index in [1.54, 1.807) is 19.1 Å². The fourth-order valence-electron chi connectivity index (χ4n) is 4.16. The molecule has 2 amide bonds. The van der Waals surface area contributed by atoms with Crippen molar-refractivity contribution in [2.75, 3.05) is 23.9 Å². The maximum Gasteiger partial charge on any atom is 0.330 e. The first-order chi connectivity index (χ1) is 16.7. The van der Waals surface area contributed by atoms with E-state index in [0.717, 1.165) is 6.07 Å². The van der Waals surface area contributed by atoms with Crippen molar-refractivity contribution in [1.29, 1.82) is 0 Å². The second kappa shape index (κ2) is 9.82. The third-order valence-electron chi connectivity index (χ3n) is 5.79. The number of esters is 1. The number of amidine groups is 1. The fourth-order valence-corrected chi connectivity index (χ4v) is 5.59. The number of aromatic nitrogens is 1. The first-order valence-electron chi connectivity index (χ1n) is 10.7. The number of amides is 2. The van der Waals surface area contributed by atoms with E-state index in [1.165, 1.54) is 42.2 Å². The van der Waals surface area contributed by atoms with Gasteiger partial charge in [-0.2, -0.15) is 0 Å². The monoisotopic (exact) mass is 521 g/mol. The zero-order valence-corrected chi connectivity index (χ0v) is 20.1. The van der Waals surface area contributed by atoms with Crippen molar-refractivity contribution < 1.29 is 23.1 Å². The van der Waals surface area contributed by atoms with Gasteiger partial charge in [0.05, 0.1) is 11.6 Å². The van der Waals surface area contributed by atoms with Crippen LogP contribution in [0.3, 0.4) is 0 Å². The van der Waals surface area contributed by atoms with E-state index in [0.29, 0.717) is 11.4 Å². The Labute approximate surface area is 209 Å². The molecule has 0 unspecified atom stereocenters. The number of carbonyl (C=O) groups is 2. The summed E-state index contributed by atoms with van der Waals surface area (Å²) < 4.78 is 33.9. The van der Waals surface area contributed by atoms with Gasteiger partial charge in [-0.3, -0.25) is 5.32 Å². The Morgan fingerprint density at radius 1 is 1.34 bits per heavy atom. The predicted molar refractivity (Wildman–Crippen MR) is 132 cm³/mol. The van der Waals surface area contributed by atoms with Gasteiger partial charge in [0.1, 0.15) is 23.8 Å². The molecule has 2 aliphatic rings.